The molecular formula is C22H19EuF3N2Na2O8S3. The standard InChI is InChI=1S/C14H12N2O6S2.C8H9F3O2S.Eu.2Na/c17-23(18,19)7-9-3-5-15-13-11(9)1-2-12-10(8-24(20,21)22)4-6-16-14(12)13;9-8(10,11)7(13)4-5(12)6-2-1-3-14-6;;;/h1-6H,7-8H2,(H,17,18,19)(H,20,21,22);1-3,5,7,12-13H,4H2;;;/q;;;2*+1/p-2. The van der Waals surface area contributed by atoms with E-state index in [0.717, 1.165) is 11.3 Å². The van der Waals surface area contributed by atoms with Gasteiger partial charge in [0.25, 0.3) is 0 Å². The summed E-state index contributed by atoms with van der Waals surface area (Å²) in [5.74, 6) is -1.38. The Morgan fingerprint density at radius 2 is 1.27 bits per heavy atom. The Kier molecular flexibility index (Phi) is 17.9. The Balaban J connectivity index is 0.000000819. The van der Waals surface area contributed by atoms with E-state index in [9.17, 15) is 44.2 Å². The fourth-order valence-electron chi connectivity index (χ4n) is 3.52. The molecule has 41 heavy (non-hydrogen) atoms. The molecule has 2 unspecified atom stereocenters. The van der Waals surface area contributed by atoms with Crippen molar-refractivity contribution in [2.75, 3.05) is 0 Å². The van der Waals surface area contributed by atoms with E-state index in [0.29, 0.717) is 26.7 Å². The predicted octanol–water partition coefficient (Wildman–Crippen LogP) is -3.02. The van der Waals surface area contributed by atoms with Gasteiger partial charge in [-0.15, -0.1) is 11.3 Å². The molecule has 4 rings (SSSR count). The molecule has 1 aromatic carbocycles. The van der Waals surface area contributed by atoms with Gasteiger partial charge in [0, 0.05) is 83.8 Å². The molecule has 0 amide bonds. The number of aromatic nitrogens is 2. The molecule has 3 heterocycles. The summed E-state index contributed by atoms with van der Waals surface area (Å²) in [6.07, 6.45) is -6.42. The van der Waals surface area contributed by atoms with Crippen LogP contribution in [0.3, 0.4) is 0 Å². The maximum Gasteiger partial charge on any atom is 1.00 e. The monoisotopic (exact) mass is 791 g/mol. The van der Waals surface area contributed by atoms with Gasteiger partial charge in [-0.05, 0) is 34.7 Å². The number of thiophene rings is 1. The number of alkyl halides is 3. The van der Waals surface area contributed by atoms with E-state index in [4.69, 9.17) is 5.11 Å². The van der Waals surface area contributed by atoms with Gasteiger partial charge in [-0.2, -0.15) is 13.2 Å². The van der Waals surface area contributed by atoms with Gasteiger partial charge < -0.3 is 19.3 Å². The first-order valence-corrected chi connectivity index (χ1v) is 14.6. The van der Waals surface area contributed by atoms with Crippen LogP contribution in [0.5, 0.6) is 0 Å². The molecule has 3 aromatic heterocycles. The average molecular weight is 791 g/mol. The predicted molar refractivity (Wildman–Crippen MR) is 130 cm³/mol. The van der Waals surface area contributed by atoms with Gasteiger partial charge in [0.15, 0.2) is 6.10 Å². The number of rotatable bonds is 7. The van der Waals surface area contributed by atoms with Crippen LogP contribution in [0.4, 0.5) is 13.2 Å². The molecule has 213 valence electrons. The second-order valence-electron chi connectivity index (χ2n) is 8.03. The van der Waals surface area contributed by atoms with Gasteiger partial charge in [0.2, 0.25) is 0 Å². The fourth-order valence-corrected chi connectivity index (χ4v) is 5.51. The van der Waals surface area contributed by atoms with Crippen LogP contribution in [0.25, 0.3) is 21.8 Å². The SMILES string of the molecule is O=S(=O)([O-])Cc1ccnc2c1ccc1c(CS(=O)(=O)[O-])ccnc12.OC(CC(O)C(F)(F)F)c1cccs1.[Eu].[Na+].[Na+]. The summed E-state index contributed by atoms with van der Waals surface area (Å²) in [7, 11) is -8.95. The molecule has 1 radical (unpaired) electrons. The minimum atomic E-state index is -4.67. The normalized spacial score (nSPS) is 13.1. The van der Waals surface area contributed by atoms with Crippen molar-refractivity contribution < 1.29 is 158 Å². The summed E-state index contributed by atoms with van der Waals surface area (Å²) >= 11 is 1.16. The summed E-state index contributed by atoms with van der Waals surface area (Å²) < 4.78 is 102. The summed E-state index contributed by atoms with van der Waals surface area (Å²) in [6.45, 7) is 0. The number of halogens is 3. The number of aliphatic hydroxyl groups excluding tert-OH is 2. The van der Waals surface area contributed by atoms with E-state index in [1.54, 1.807) is 11.4 Å². The van der Waals surface area contributed by atoms with Crippen LogP contribution in [-0.2, 0) is 31.7 Å². The van der Waals surface area contributed by atoms with Crippen LogP contribution >= 0.6 is 11.3 Å². The second-order valence-corrected chi connectivity index (χ2v) is 11.8. The average Bonchev–Trinajstić information content (AvgIpc) is 3.32. The maximum atomic E-state index is 11.9. The van der Waals surface area contributed by atoms with Crippen molar-refractivity contribution in [2.24, 2.45) is 0 Å². The number of fused-ring (bicyclic) bond motifs is 3. The first kappa shape index (κ1) is 41.9. The van der Waals surface area contributed by atoms with Crippen molar-refractivity contribution >= 4 is 53.4 Å². The van der Waals surface area contributed by atoms with Crippen LogP contribution in [0.15, 0.2) is 54.2 Å². The Bertz CT molecular complexity index is 1550. The third kappa shape index (κ3) is 13.0. The van der Waals surface area contributed by atoms with Crippen molar-refractivity contribution in [3.8, 4) is 0 Å². The van der Waals surface area contributed by atoms with Gasteiger partial charge in [-0.25, -0.2) is 16.8 Å². The molecule has 2 atom stereocenters. The van der Waals surface area contributed by atoms with Crippen molar-refractivity contribution in [3.05, 3.63) is 70.2 Å². The largest absolute Gasteiger partial charge is 1.00 e. The number of hydrogen-bond donors (Lipinski definition) is 2. The third-order valence-corrected chi connectivity index (χ3v) is 7.47. The maximum absolute atomic E-state index is 11.9. The first-order valence-electron chi connectivity index (χ1n) is 10.5. The number of pyridine rings is 2. The van der Waals surface area contributed by atoms with Crippen LogP contribution in [0.2, 0.25) is 0 Å². The van der Waals surface area contributed by atoms with Crippen molar-refractivity contribution in [3.63, 3.8) is 0 Å². The minimum Gasteiger partial charge on any atom is -0.748 e. The van der Waals surface area contributed by atoms with E-state index >= 15 is 0 Å². The smallest absolute Gasteiger partial charge is 0.748 e. The number of nitrogens with zero attached hydrogens (tertiary/aromatic N) is 2. The van der Waals surface area contributed by atoms with E-state index in [1.165, 1.54) is 42.7 Å². The Hall–Kier alpha value is 0.854. The Morgan fingerprint density at radius 1 is 0.829 bits per heavy atom. The molecule has 2 N–H and O–H groups in total. The van der Waals surface area contributed by atoms with Gasteiger partial charge in [-0.3, -0.25) is 9.97 Å². The molecule has 0 aliphatic carbocycles. The molecule has 0 aliphatic rings. The number of benzene rings is 1. The molecular weight excluding hydrogens is 771 g/mol. The molecule has 0 saturated heterocycles. The third-order valence-electron chi connectivity index (χ3n) is 5.16. The topological polar surface area (TPSA) is 181 Å². The van der Waals surface area contributed by atoms with Crippen molar-refractivity contribution in [1.82, 2.24) is 9.97 Å². The van der Waals surface area contributed by atoms with Crippen LogP contribution in [-0.4, -0.2) is 58.4 Å². The van der Waals surface area contributed by atoms with Gasteiger partial charge in [0.1, 0.15) is 0 Å². The van der Waals surface area contributed by atoms with E-state index in [-0.39, 0.29) is 120 Å². The minimum absolute atomic E-state index is 0. The Labute approximate surface area is 322 Å². The van der Waals surface area contributed by atoms with Crippen LogP contribution in [0.1, 0.15) is 28.5 Å². The van der Waals surface area contributed by atoms with Gasteiger partial charge in [-0.1, -0.05) is 18.2 Å². The van der Waals surface area contributed by atoms with Crippen LogP contribution < -0.4 is 59.1 Å². The summed E-state index contributed by atoms with van der Waals surface area (Å²) in [4.78, 5) is 8.73. The molecule has 0 saturated carbocycles. The number of aliphatic hydroxyl groups is 2. The molecule has 19 heteroatoms. The quantitative estimate of drug-likeness (QED) is 0.111. The van der Waals surface area contributed by atoms with Crippen LogP contribution in [0, 0.1) is 49.4 Å². The zero-order chi connectivity index (χ0) is 28.3. The van der Waals surface area contributed by atoms with Crippen molar-refractivity contribution in [2.45, 2.75) is 36.3 Å². The second kappa shape index (κ2) is 17.5. The van der Waals surface area contributed by atoms with Gasteiger partial charge >= 0.3 is 65.3 Å². The van der Waals surface area contributed by atoms with Crippen molar-refractivity contribution in [1.29, 1.82) is 0 Å². The van der Waals surface area contributed by atoms with E-state index < -0.39 is 56.5 Å². The molecule has 0 fully saturated rings. The van der Waals surface area contributed by atoms with E-state index in [1.807, 2.05) is 0 Å². The molecule has 0 aliphatic heterocycles. The molecule has 4 aromatic rings. The van der Waals surface area contributed by atoms with E-state index in [2.05, 4.69) is 9.97 Å². The first-order chi connectivity index (χ1) is 17.5. The number of hydrogen-bond acceptors (Lipinski definition) is 11. The van der Waals surface area contributed by atoms with Gasteiger partial charge in [0.05, 0.1) is 48.9 Å². The molecule has 10 nitrogen and oxygen atoms in total. The zero-order valence-corrected chi connectivity index (χ0v) is 30.3. The fraction of sp³-hybridized carbons (Fsp3) is 0.273. The zero-order valence-electron chi connectivity index (χ0n) is 21.4. The summed E-state index contributed by atoms with van der Waals surface area (Å²) in [5, 5.41) is 20.5. The Morgan fingerprint density at radius 3 is 1.61 bits per heavy atom. The summed E-state index contributed by atoms with van der Waals surface area (Å²) in [6, 6.07) is 9.08. The molecule has 0 spiro atoms. The summed E-state index contributed by atoms with van der Waals surface area (Å²) in [5.41, 5.74) is 1.22. The molecule has 0 bridgehead atoms.